The minimum absolute atomic E-state index is 0.0326. The van der Waals surface area contributed by atoms with Crippen molar-refractivity contribution < 1.29 is 14.0 Å². The number of halogens is 1. The highest BCUT2D eigenvalue weighted by Gasteiger charge is 2.37. The average Bonchev–Trinajstić information content (AvgIpc) is 2.46. The van der Waals surface area contributed by atoms with Crippen LogP contribution in [0.25, 0.3) is 0 Å². The fourth-order valence-electron chi connectivity index (χ4n) is 2.99. The lowest BCUT2D eigenvalue weighted by Crippen LogP contribution is -2.58. The van der Waals surface area contributed by atoms with Gasteiger partial charge in [0.15, 0.2) is 0 Å². The summed E-state index contributed by atoms with van der Waals surface area (Å²) in [6.07, 6.45) is 0. The number of benzene rings is 1. The van der Waals surface area contributed by atoms with Crippen LogP contribution in [0.1, 0.15) is 6.92 Å². The van der Waals surface area contributed by atoms with Gasteiger partial charge in [0.05, 0.1) is 5.92 Å². The molecule has 118 valence electrons. The van der Waals surface area contributed by atoms with E-state index in [9.17, 15) is 14.0 Å². The number of rotatable bonds is 2. The number of nitrogens with zero attached hydrogens (tertiary/aromatic N) is 3. The van der Waals surface area contributed by atoms with Crippen molar-refractivity contribution in [2.24, 2.45) is 5.92 Å². The summed E-state index contributed by atoms with van der Waals surface area (Å²) in [5, 5.41) is 0. The Morgan fingerprint density at radius 2 is 1.59 bits per heavy atom. The fourth-order valence-corrected chi connectivity index (χ4v) is 2.99. The maximum absolute atomic E-state index is 12.9. The molecule has 1 aromatic carbocycles. The molecular formula is C16H20FN3O2. The summed E-state index contributed by atoms with van der Waals surface area (Å²) < 4.78 is 12.9. The number of carbonyl (C=O) groups excluding carboxylic acids is 2. The van der Waals surface area contributed by atoms with Crippen molar-refractivity contribution in [3.8, 4) is 0 Å². The Morgan fingerprint density at radius 3 is 2.14 bits per heavy atom. The molecule has 2 aliphatic rings. The average molecular weight is 305 g/mol. The van der Waals surface area contributed by atoms with E-state index in [0.29, 0.717) is 26.2 Å². The summed E-state index contributed by atoms with van der Waals surface area (Å²) in [6.45, 7) is 5.47. The van der Waals surface area contributed by atoms with Crippen LogP contribution < -0.4 is 4.90 Å². The molecule has 0 aromatic heterocycles. The monoisotopic (exact) mass is 305 g/mol. The second-order valence-corrected chi connectivity index (χ2v) is 5.91. The lowest BCUT2D eigenvalue weighted by Gasteiger charge is -2.42. The lowest BCUT2D eigenvalue weighted by atomic mass is 9.98. The van der Waals surface area contributed by atoms with Gasteiger partial charge in [-0.15, -0.1) is 0 Å². The Labute approximate surface area is 129 Å². The Bertz CT molecular complexity index is 561. The Kier molecular flexibility index (Phi) is 4.00. The molecule has 0 N–H and O–H groups in total. The fraction of sp³-hybridized carbons (Fsp3) is 0.500. The molecule has 0 atom stereocenters. The minimum atomic E-state index is -0.238. The quantitative estimate of drug-likeness (QED) is 0.817. The number of anilines is 1. The largest absolute Gasteiger partial charge is 0.368 e. The summed E-state index contributed by atoms with van der Waals surface area (Å²) >= 11 is 0. The van der Waals surface area contributed by atoms with Gasteiger partial charge in [0.25, 0.3) is 0 Å². The van der Waals surface area contributed by atoms with Gasteiger partial charge < -0.3 is 14.7 Å². The number of likely N-dealkylation sites (tertiary alicyclic amines) is 1. The Morgan fingerprint density at radius 1 is 1.00 bits per heavy atom. The third-order valence-corrected chi connectivity index (χ3v) is 4.46. The number of piperazine rings is 1. The van der Waals surface area contributed by atoms with Crippen LogP contribution in [0.2, 0.25) is 0 Å². The van der Waals surface area contributed by atoms with Crippen molar-refractivity contribution >= 4 is 17.5 Å². The molecule has 2 aliphatic heterocycles. The first-order valence-electron chi connectivity index (χ1n) is 7.59. The number of carbonyl (C=O) groups is 2. The van der Waals surface area contributed by atoms with E-state index in [1.54, 1.807) is 17.0 Å². The van der Waals surface area contributed by atoms with Crippen LogP contribution in [0.3, 0.4) is 0 Å². The molecule has 0 bridgehead atoms. The summed E-state index contributed by atoms with van der Waals surface area (Å²) in [5.41, 5.74) is 0.986. The van der Waals surface area contributed by atoms with E-state index in [1.807, 2.05) is 4.90 Å². The van der Waals surface area contributed by atoms with Crippen molar-refractivity contribution in [3.05, 3.63) is 30.1 Å². The topological polar surface area (TPSA) is 43.9 Å². The van der Waals surface area contributed by atoms with Crippen LogP contribution >= 0.6 is 0 Å². The number of hydrogen-bond acceptors (Lipinski definition) is 3. The minimum Gasteiger partial charge on any atom is -0.368 e. The van der Waals surface area contributed by atoms with Crippen molar-refractivity contribution in [2.75, 3.05) is 44.2 Å². The molecule has 0 radical (unpaired) electrons. The maximum atomic E-state index is 12.9. The van der Waals surface area contributed by atoms with E-state index < -0.39 is 0 Å². The zero-order chi connectivity index (χ0) is 15.7. The van der Waals surface area contributed by atoms with Gasteiger partial charge in [-0.05, 0) is 24.3 Å². The molecule has 2 heterocycles. The first-order valence-corrected chi connectivity index (χ1v) is 7.59. The van der Waals surface area contributed by atoms with Crippen molar-refractivity contribution in [3.63, 3.8) is 0 Å². The van der Waals surface area contributed by atoms with E-state index in [4.69, 9.17) is 0 Å². The molecule has 6 heteroatoms. The smallest absolute Gasteiger partial charge is 0.229 e. The van der Waals surface area contributed by atoms with Crippen LogP contribution in [0.4, 0.5) is 10.1 Å². The van der Waals surface area contributed by atoms with Crippen molar-refractivity contribution in [2.45, 2.75) is 6.92 Å². The van der Waals surface area contributed by atoms with Gasteiger partial charge in [0.2, 0.25) is 11.8 Å². The first-order chi connectivity index (χ1) is 10.5. The van der Waals surface area contributed by atoms with Crippen molar-refractivity contribution in [1.29, 1.82) is 0 Å². The lowest BCUT2D eigenvalue weighted by molar-refractivity contribution is -0.147. The zero-order valence-electron chi connectivity index (χ0n) is 12.7. The summed E-state index contributed by atoms with van der Waals surface area (Å²) in [6, 6.07) is 6.45. The highest BCUT2D eigenvalue weighted by atomic mass is 19.1. The molecule has 2 amide bonds. The molecular weight excluding hydrogens is 285 g/mol. The Balaban J connectivity index is 1.50. The molecule has 5 nitrogen and oxygen atoms in total. The molecule has 0 aliphatic carbocycles. The van der Waals surface area contributed by atoms with Gasteiger partial charge >= 0.3 is 0 Å². The summed E-state index contributed by atoms with van der Waals surface area (Å²) in [5.74, 6) is -0.0970. The van der Waals surface area contributed by atoms with Gasteiger partial charge in [0, 0.05) is 51.9 Å². The van der Waals surface area contributed by atoms with Crippen LogP contribution in [0, 0.1) is 11.7 Å². The van der Waals surface area contributed by atoms with E-state index >= 15 is 0 Å². The van der Waals surface area contributed by atoms with Crippen LogP contribution in [-0.2, 0) is 9.59 Å². The summed E-state index contributed by atoms with van der Waals surface area (Å²) in [4.78, 5) is 29.2. The predicted molar refractivity (Wildman–Crippen MR) is 80.9 cm³/mol. The highest BCUT2D eigenvalue weighted by Crippen LogP contribution is 2.21. The van der Waals surface area contributed by atoms with E-state index in [-0.39, 0.29) is 23.5 Å². The van der Waals surface area contributed by atoms with Gasteiger partial charge in [-0.25, -0.2) is 4.39 Å². The Hall–Kier alpha value is -2.11. The molecule has 22 heavy (non-hydrogen) atoms. The highest BCUT2D eigenvalue weighted by molar-refractivity contribution is 5.84. The molecule has 2 saturated heterocycles. The van der Waals surface area contributed by atoms with Gasteiger partial charge in [0.1, 0.15) is 5.82 Å². The molecule has 3 rings (SSSR count). The van der Waals surface area contributed by atoms with Gasteiger partial charge in [-0.3, -0.25) is 9.59 Å². The van der Waals surface area contributed by atoms with Crippen LogP contribution in [0.5, 0.6) is 0 Å². The van der Waals surface area contributed by atoms with Crippen LogP contribution in [-0.4, -0.2) is 60.9 Å². The maximum Gasteiger partial charge on any atom is 0.229 e. The van der Waals surface area contributed by atoms with E-state index in [2.05, 4.69) is 4.90 Å². The third-order valence-electron chi connectivity index (χ3n) is 4.46. The normalized spacial score (nSPS) is 19.1. The molecule has 1 aromatic rings. The number of amides is 2. The van der Waals surface area contributed by atoms with Crippen molar-refractivity contribution in [1.82, 2.24) is 9.80 Å². The number of hydrogen-bond donors (Lipinski definition) is 0. The molecule has 2 fully saturated rings. The SMILES string of the molecule is CC(=O)N1CC(C(=O)N2CCN(c3ccc(F)cc3)CC2)C1. The third kappa shape index (κ3) is 2.91. The van der Waals surface area contributed by atoms with E-state index in [1.165, 1.54) is 19.1 Å². The van der Waals surface area contributed by atoms with Gasteiger partial charge in [-0.2, -0.15) is 0 Å². The zero-order valence-corrected chi connectivity index (χ0v) is 12.7. The second kappa shape index (κ2) is 5.94. The molecule has 0 unspecified atom stereocenters. The molecule has 0 saturated carbocycles. The summed E-state index contributed by atoms with van der Waals surface area (Å²) in [7, 11) is 0. The second-order valence-electron chi connectivity index (χ2n) is 5.91. The van der Waals surface area contributed by atoms with Crippen LogP contribution in [0.15, 0.2) is 24.3 Å². The first kappa shape index (κ1) is 14.8. The predicted octanol–water partition coefficient (Wildman–Crippen LogP) is 0.953. The molecule has 0 spiro atoms. The van der Waals surface area contributed by atoms with Gasteiger partial charge in [-0.1, -0.05) is 0 Å². The van der Waals surface area contributed by atoms with E-state index in [0.717, 1.165) is 18.8 Å². The standard InChI is InChI=1S/C16H20FN3O2/c1-12(21)20-10-13(11-20)16(22)19-8-6-18(7-9-19)15-4-2-14(17)3-5-15/h2-5,13H,6-11H2,1H3.